The number of rotatable bonds is 4. The van der Waals surface area contributed by atoms with Crippen LogP contribution in [0.2, 0.25) is 0 Å². The van der Waals surface area contributed by atoms with E-state index in [1.165, 1.54) is 0 Å². The number of benzene rings is 3. The molecule has 0 radical (unpaired) electrons. The van der Waals surface area contributed by atoms with E-state index in [2.05, 4.69) is 16.4 Å². The quantitative estimate of drug-likeness (QED) is 0.449. The lowest BCUT2D eigenvalue weighted by atomic mass is 9.97. The number of nitrogens with zero attached hydrogens (tertiary/aromatic N) is 2. The first-order valence-corrected chi connectivity index (χ1v) is 9.52. The van der Waals surface area contributed by atoms with Gasteiger partial charge in [-0.05, 0) is 36.4 Å². The van der Waals surface area contributed by atoms with Gasteiger partial charge in [-0.3, -0.25) is 4.79 Å². The van der Waals surface area contributed by atoms with E-state index in [0.717, 1.165) is 5.56 Å². The fourth-order valence-corrected chi connectivity index (χ4v) is 3.26. The molecule has 4 aromatic rings. The van der Waals surface area contributed by atoms with Crippen LogP contribution in [0.15, 0.2) is 84.9 Å². The number of nitrogens with one attached hydrogen (secondary N) is 1. The average molecular weight is 406 g/mol. The minimum atomic E-state index is -0.198. The number of anilines is 2. The molecular formula is C25H18N4O2. The SMILES string of the molecule is N#Cc1c(-c2ccccc2O)cc(-c2ccc(NC(=O)c3ccccc3)cc2)nc1N. The van der Waals surface area contributed by atoms with Crippen molar-refractivity contribution in [3.05, 3.63) is 96.1 Å². The minimum Gasteiger partial charge on any atom is -0.507 e. The normalized spacial score (nSPS) is 10.3. The van der Waals surface area contributed by atoms with Crippen LogP contribution in [-0.2, 0) is 0 Å². The summed E-state index contributed by atoms with van der Waals surface area (Å²) in [6.07, 6.45) is 0. The lowest BCUT2D eigenvalue weighted by molar-refractivity contribution is 0.102. The van der Waals surface area contributed by atoms with E-state index in [1.54, 1.807) is 66.7 Å². The number of hydrogen-bond acceptors (Lipinski definition) is 5. The maximum Gasteiger partial charge on any atom is 0.255 e. The molecule has 0 spiro atoms. The van der Waals surface area contributed by atoms with Crippen LogP contribution in [0.5, 0.6) is 5.75 Å². The Balaban J connectivity index is 1.66. The van der Waals surface area contributed by atoms with E-state index in [0.29, 0.717) is 28.1 Å². The van der Waals surface area contributed by atoms with Gasteiger partial charge < -0.3 is 16.2 Å². The summed E-state index contributed by atoms with van der Waals surface area (Å²) in [4.78, 5) is 16.7. The second-order valence-electron chi connectivity index (χ2n) is 6.84. The molecule has 1 heterocycles. The number of nitriles is 1. The zero-order chi connectivity index (χ0) is 21.8. The Morgan fingerprint density at radius 3 is 2.29 bits per heavy atom. The summed E-state index contributed by atoms with van der Waals surface area (Å²) in [5, 5.41) is 22.6. The van der Waals surface area contributed by atoms with Gasteiger partial charge in [0.1, 0.15) is 23.2 Å². The smallest absolute Gasteiger partial charge is 0.255 e. The number of carbonyl (C=O) groups excluding carboxylic acids is 1. The lowest BCUT2D eigenvalue weighted by Gasteiger charge is -2.12. The molecule has 0 aliphatic carbocycles. The number of aromatic hydroxyl groups is 1. The third kappa shape index (κ3) is 4.07. The molecule has 0 aliphatic rings. The van der Waals surface area contributed by atoms with Gasteiger partial charge in [-0.25, -0.2) is 4.98 Å². The molecule has 150 valence electrons. The van der Waals surface area contributed by atoms with E-state index in [-0.39, 0.29) is 23.0 Å². The highest BCUT2D eigenvalue weighted by molar-refractivity contribution is 6.04. The molecular weight excluding hydrogens is 388 g/mol. The van der Waals surface area contributed by atoms with Crippen LogP contribution < -0.4 is 11.1 Å². The number of aromatic nitrogens is 1. The summed E-state index contributed by atoms with van der Waals surface area (Å²) in [7, 11) is 0. The Labute approximate surface area is 179 Å². The van der Waals surface area contributed by atoms with Crippen molar-refractivity contribution >= 4 is 17.4 Å². The average Bonchev–Trinajstić information content (AvgIpc) is 2.80. The number of nitrogen functional groups attached to an aromatic ring is 1. The summed E-state index contributed by atoms with van der Waals surface area (Å²) in [6, 6.07) is 26.7. The number of nitrogens with two attached hydrogens (primary N) is 1. The van der Waals surface area contributed by atoms with Gasteiger partial charge in [-0.2, -0.15) is 5.26 Å². The van der Waals surface area contributed by atoms with Crippen LogP contribution in [0, 0.1) is 11.3 Å². The van der Waals surface area contributed by atoms with E-state index in [1.807, 2.05) is 18.2 Å². The summed E-state index contributed by atoms with van der Waals surface area (Å²) in [6.45, 7) is 0. The maximum atomic E-state index is 12.3. The number of para-hydroxylation sites is 1. The Hall–Kier alpha value is -4.63. The van der Waals surface area contributed by atoms with Crippen LogP contribution in [0.3, 0.4) is 0 Å². The van der Waals surface area contributed by atoms with Crippen molar-refractivity contribution in [2.24, 2.45) is 0 Å². The second kappa shape index (κ2) is 8.39. The third-order valence-electron chi connectivity index (χ3n) is 4.83. The maximum absolute atomic E-state index is 12.3. The topological polar surface area (TPSA) is 112 Å². The Morgan fingerprint density at radius 2 is 1.61 bits per heavy atom. The second-order valence-corrected chi connectivity index (χ2v) is 6.84. The summed E-state index contributed by atoms with van der Waals surface area (Å²) in [5.41, 5.74) is 9.77. The predicted octanol–water partition coefficient (Wildman–Crippen LogP) is 4.83. The van der Waals surface area contributed by atoms with Crippen LogP contribution in [0.4, 0.5) is 11.5 Å². The van der Waals surface area contributed by atoms with Crippen LogP contribution in [-0.4, -0.2) is 16.0 Å². The molecule has 0 bridgehead atoms. The highest BCUT2D eigenvalue weighted by atomic mass is 16.3. The van der Waals surface area contributed by atoms with Crippen LogP contribution >= 0.6 is 0 Å². The van der Waals surface area contributed by atoms with Crippen molar-refractivity contribution in [1.82, 2.24) is 4.98 Å². The predicted molar refractivity (Wildman–Crippen MR) is 120 cm³/mol. The molecule has 4 N–H and O–H groups in total. The fourth-order valence-electron chi connectivity index (χ4n) is 3.26. The molecule has 4 rings (SSSR count). The van der Waals surface area contributed by atoms with Gasteiger partial charge in [-0.1, -0.05) is 48.5 Å². The molecule has 0 atom stereocenters. The molecule has 6 heteroatoms. The Morgan fingerprint density at radius 1 is 0.935 bits per heavy atom. The van der Waals surface area contributed by atoms with Gasteiger partial charge in [0.25, 0.3) is 5.91 Å². The van der Waals surface area contributed by atoms with E-state index < -0.39 is 0 Å². The molecule has 0 unspecified atom stereocenters. The summed E-state index contributed by atoms with van der Waals surface area (Å²) < 4.78 is 0. The standard InChI is InChI=1S/C25H18N4O2/c26-15-21-20(19-8-4-5-9-23(19)30)14-22(29-24(21)27)16-10-12-18(13-11-16)28-25(31)17-6-2-1-3-7-17/h1-14,30H,(H2,27,29)(H,28,31). The van der Waals surface area contributed by atoms with Crippen molar-refractivity contribution in [1.29, 1.82) is 5.26 Å². The van der Waals surface area contributed by atoms with Gasteiger partial charge >= 0.3 is 0 Å². The monoisotopic (exact) mass is 406 g/mol. The highest BCUT2D eigenvalue weighted by Gasteiger charge is 2.16. The van der Waals surface area contributed by atoms with Crippen molar-refractivity contribution in [2.45, 2.75) is 0 Å². The van der Waals surface area contributed by atoms with Crippen molar-refractivity contribution in [2.75, 3.05) is 11.1 Å². The highest BCUT2D eigenvalue weighted by Crippen LogP contribution is 2.35. The number of phenols is 1. The molecule has 31 heavy (non-hydrogen) atoms. The molecule has 1 aromatic heterocycles. The molecule has 6 nitrogen and oxygen atoms in total. The molecule has 0 saturated heterocycles. The molecule has 0 fully saturated rings. The van der Waals surface area contributed by atoms with Crippen LogP contribution in [0.1, 0.15) is 15.9 Å². The fraction of sp³-hybridized carbons (Fsp3) is 0. The van der Waals surface area contributed by atoms with E-state index in [4.69, 9.17) is 5.73 Å². The van der Waals surface area contributed by atoms with E-state index >= 15 is 0 Å². The first-order chi connectivity index (χ1) is 15.1. The third-order valence-corrected chi connectivity index (χ3v) is 4.83. The molecule has 0 aliphatic heterocycles. The minimum absolute atomic E-state index is 0.0505. The summed E-state index contributed by atoms with van der Waals surface area (Å²) in [5.74, 6) is -0.0647. The largest absolute Gasteiger partial charge is 0.507 e. The Kier molecular flexibility index (Phi) is 5.33. The zero-order valence-corrected chi connectivity index (χ0v) is 16.4. The molecule has 3 aromatic carbocycles. The number of carbonyl (C=O) groups is 1. The number of hydrogen-bond donors (Lipinski definition) is 3. The number of amides is 1. The van der Waals surface area contributed by atoms with Gasteiger partial charge in [0, 0.05) is 27.9 Å². The van der Waals surface area contributed by atoms with Gasteiger partial charge in [0.15, 0.2) is 0 Å². The zero-order valence-electron chi connectivity index (χ0n) is 16.4. The number of phenolic OH excluding ortho intramolecular Hbond substituents is 1. The molecule has 0 saturated carbocycles. The van der Waals surface area contributed by atoms with Crippen molar-refractivity contribution in [3.8, 4) is 34.2 Å². The van der Waals surface area contributed by atoms with E-state index in [9.17, 15) is 15.2 Å². The summed E-state index contributed by atoms with van der Waals surface area (Å²) >= 11 is 0. The van der Waals surface area contributed by atoms with Gasteiger partial charge in [0.05, 0.1) is 5.69 Å². The molecule has 1 amide bonds. The van der Waals surface area contributed by atoms with Gasteiger partial charge in [0.2, 0.25) is 0 Å². The number of pyridine rings is 1. The van der Waals surface area contributed by atoms with Crippen LogP contribution in [0.25, 0.3) is 22.4 Å². The Bertz CT molecular complexity index is 1290. The van der Waals surface area contributed by atoms with Crippen molar-refractivity contribution in [3.63, 3.8) is 0 Å². The lowest BCUT2D eigenvalue weighted by Crippen LogP contribution is -2.11. The van der Waals surface area contributed by atoms with Crippen molar-refractivity contribution < 1.29 is 9.90 Å². The first kappa shape index (κ1) is 19.7. The van der Waals surface area contributed by atoms with Gasteiger partial charge in [-0.15, -0.1) is 0 Å². The first-order valence-electron chi connectivity index (χ1n) is 9.52.